The number of benzene rings is 2. The molecule has 2 aromatic rings. The molecule has 1 saturated heterocycles. The normalized spacial score (nSPS) is 15.1. The number of hydrogen-bond acceptors (Lipinski definition) is 4. The number of nitrogens with zero attached hydrogens (tertiary/aromatic N) is 1. The summed E-state index contributed by atoms with van der Waals surface area (Å²) in [5, 5.41) is 7.35. The predicted molar refractivity (Wildman–Crippen MR) is 117 cm³/mol. The van der Waals surface area contributed by atoms with Gasteiger partial charge in [-0.1, -0.05) is 30.3 Å². The summed E-state index contributed by atoms with van der Waals surface area (Å²) in [6.07, 6.45) is 2.48. The zero-order valence-electron chi connectivity index (χ0n) is 16.6. The molecule has 0 aliphatic carbocycles. The predicted octanol–water partition coefficient (Wildman–Crippen LogP) is 3.51. The Morgan fingerprint density at radius 2 is 1.71 bits per heavy atom. The lowest BCUT2D eigenvalue weighted by Crippen LogP contribution is -2.41. The van der Waals surface area contributed by atoms with Gasteiger partial charge in [0.2, 0.25) is 0 Å². The molecule has 0 spiro atoms. The van der Waals surface area contributed by atoms with Gasteiger partial charge in [0.05, 0.1) is 20.3 Å². The molecule has 0 bridgehead atoms. The van der Waals surface area contributed by atoms with E-state index in [0.717, 1.165) is 36.7 Å². The Balaban J connectivity index is 1.58. The summed E-state index contributed by atoms with van der Waals surface area (Å²) < 4.78 is 10.8. The molecule has 2 N–H and O–H groups in total. The highest BCUT2D eigenvalue weighted by atomic mass is 32.1. The van der Waals surface area contributed by atoms with Gasteiger partial charge in [0.15, 0.2) is 5.11 Å². The quantitative estimate of drug-likeness (QED) is 0.663. The number of hydrogen-bond donors (Lipinski definition) is 2. The van der Waals surface area contributed by atoms with Gasteiger partial charge in [-0.3, -0.25) is 4.90 Å². The smallest absolute Gasteiger partial charge is 0.166 e. The second-order valence-corrected chi connectivity index (χ2v) is 7.32. The lowest BCUT2D eigenvalue weighted by atomic mass is 10.0. The number of methoxy groups -OCH3 is 2. The molecule has 0 amide bonds. The zero-order valence-corrected chi connectivity index (χ0v) is 17.4. The summed E-state index contributed by atoms with van der Waals surface area (Å²) in [6.45, 7) is 3.64. The van der Waals surface area contributed by atoms with E-state index in [4.69, 9.17) is 21.7 Å². The van der Waals surface area contributed by atoms with E-state index in [-0.39, 0.29) is 6.04 Å². The summed E-state index contributed by atoms with van der Waals surface area (Å²) in [5.41, 5.74) is 2.36. The van der Waals surface area contributed by atoms with Crippen LogP contribution in [-0.2, 0) is 6.54 Å². The highest BCUT2D eigenvalue weighted by Gasteiger charge is 2.25. The van der Waals surface area contributed by atoms with Crippen LogP contribution in [0.1, 0.15) is 30.0 Å². The van der Waals surface area contributed by atoms with Gasteiger partial charge in [-0.2, -0.15) is 0 Å². The molecule has 6 heteroatoms. The number of rotatable bonds is 8. The molecule has 28 heavy (non-hydrogen) atoms. The zero-order chi connectivity index (χ0) is 19.8. The van der Waals surface area contributed by atoms with Gasteiger partial charge in [0.1, 0.15) is 11.5 Å². The van der Waals surface area contributed by atoms with Gasteiger partial charge >= 0.3 is 0 Å². The van der Waals surface area contributed by atoms with Crippen LogP contribution in [0.5, 0.6) is 11.5 Å². The van der Waals surface area contributed by atoms with Crippen LogP contribution < -0.4 is 20.1 Å². The highest BCUT2D eigenvalue weighted by Crippen LogP contribution is 2.31. The molecule has 5 nitrogen and oxygen atoms in total. The molecule has 0 saturated carbocycles. The second kappa shape index (κ2) is 10.3. The molecule has 150 valence electrons. The van der Waals surface area contributed by atoms with E-state index < -0.39 is 0 Å². The van der Waals surface area contributed by atoms with E-state index in [1.807, 2.05) is 36.4 Å². The fraction of sp³-hybridized carbons (Fsp3) is 0.409. The molecular formula is C22H29N3O2S. The Morgan fingerprint density at radius 1 is 1.00 bits per heavy atom. The molecule has 1 atom stereocenters. The first kappa shape index (κ1) is 20.4. The largest absolute Gasteiger partial charge is 0.497 e. The molecule has 2 aromatic carbocycles. The fourth-order valence-electron chi connectivity index (χ4n) is 3.61. The van der Waals surface area contributed by atoms with E-state index in [2.05, 4.69) is 27.7 Å². The van der Waals surface area contributed by atoms with Gasteiger partial charge < -0.3 is 20.1 Å². The first-order chi connectivity index (χ1) is 13.7. The van der Waals surface area contributed by atoms with Crippen LogP contribution in [0.15, 0.2) is 48.5 Å². The average Bonchev–Trinajstić information content (AvgIpc) is 3.27. The number of nitrogens with one attached hydrogen (secondary N) is 2. The van der Waals surface area contributed by atoms with Crippen molar-refractivity contribution in [2.75, 3.05) is 33.9 Å². The van der Waals surface area contributed by atoms with Crippen molar-refractivity contribution in [1.82, 2.24) is 15.5 Å². The number of ether oxygens (including phenoxy) is 2. The third-order valence-corrected chi connectivity index (χ3v) is 5.44. The van der Waals surface area contributed by atoms with Crippen LogP contribution in [-0.4, -0.2) is 43.9 Å². The molecule has 1 fully saturated rings. The van der Waals surface area contributed by atoms with Crippen molar-refractivity contribution in [3.05, 3.63) is 59.7 Å². The molecule has 1 aliphatic heterocycles. The van der Waals surface area contributed by atoms with Crippen LogP contribution in [0.4, 0.5) is 0 Å². The standard InChI is InChI=1S/C22H29N3O2S/c1-26-18-11-9-17(10-12-18)15-23-22(28)24-16-20(25-13-5-6-14-25)19-7-3-4-8-21(19)27-2/h3-4,7-12,20H,5-6,13-16H2,1-2H3,(H2,23,24,28). The van der Waals surface area contributed by atoms with E-state index in [0.29, 0.717) is 11.7 Å². The van der Waals surface area contributed by atoms with Crippen LogP contribution in [0.2, 0.25) is 0 Å². The van der Waals surface area contributed by atoms with Crippen molar-refractivity contribution in [3.8, 4) is 11.5 Å². The summed E-state index contributed by atoms with van der Waals surface area (Å²) in [4.78, 5) is 2.51. The highest BCUT2D eigenvalue weighted by molar-refractivity contribution is 7.80. The first-order valence-electron chi connectivity index (χ1n) is 9.73. The first-order valence-corrected chi connectivity index (χ1v) is 10.1. The third kappa shape index (κ3) is 5.36. The van der Waals surface area contributed by atoms with Crippen LogP contribution in [0.3, 0.4) is 0 Å². The maximum absolute atomic E-state index is 5.60. The Labute approximate surface area is 173 Å². The van der Waals surface area contributed by atoms with Crippen molar-refractivity contribution in [3.63, 3.8) is 0 Å². The minimum atomic E-state index is 0.236. The maximum Gasteiger partial charge on any atom is 0.166 e. The van der Waals surface area contributed by atoms with Crippen molar-refractivity contribution in [2.24, 2.45) is 0 Å². The van der Waals surface area contributed by atoms with Crippen molar-refractivity contribution in [1.29, 1.82) is 0 Å². The average molecular weight is 400 g/mol. The molecule has 3 rings (SSSR count). The van der Waals surface area contributed by atoms with E-state index in [9.17, 15) is 0 Å². The van der Waals surface area contributed by atoms with Gasteiger partial charge in [-0.15, -0.1) is 0 Å². The Kier molecular flexibility index (Phi) is 7.51. The Bertz CT molecular complexity index is 761. The monoisotopic (exact) mass is 399 g/mol. The SMILES string of the molecule is COc1ccc(CNC(=S)NCC(c2ccccc2OC)N2CCCC2)cc1. The lowest BCUT2D eigenvalue weighted by molar-refractivity contribution is 0.239. The van der Waals surface area contributed by atoms with Gasteiger partial charge in [-0.05, 0) is 61.9 Å². The van der Waals surface area contributed by atoms with Crippen molar-refractivity contribution in [2.45, 2.75) is 25.4 Å². The van der Waals surface area contributed by atoms with Gasteiger partial charge in [0, 0.05) is 18.7 Å². The molecule has 0 radical (unpaired) electrons. The molecular weight excluding hydrogens is 370 g/mol. The Morgan fingerprint density at radius 3 is 2.39 bits per heavy atom. The number of para-hydroxylation sites is 1. The molecule has 1 heterocycles. The maximum atomic E-state index is 5.60. The van der Waals surface area contributed by atoms with Crippen molar-refractivity contribution < 1.29 is 9.47 Å². The van der Waals surface area contributed by atoms with Gasteiger partial charge in [0.25, 0.3) is 0 Å². The minimum absolute atomic E-state index is 0.236. The van der Waals surface area contributed by atoms with Crippen molar-refractivity contribution >= 4 is 17.3 Å². The van der Waals surface area contributed by atoms with Gasteiger partial charge in [-0.25, -0.2) is 0 Å². The molecule has 1 aliphatic rings. The summed E-state index contributed by atoms with van der Waals surface area (Å²) in [6, 6.07) is 16.5. The minimum Gasteiger partial charge on any atom is -0.497 e. The summed E-state index contributed by atoms with van der Waals surface area (Å²) in [5.74, 6) is 1.79. The van der Waals surface area contributed by atoms with E-state index >= 15 is 0 Å². The lowest BCUT2D eigenvalue weighted by Gasteiger charge is -2.29. The number of likely N-dealkylation sites (tertiary alicyclic amines) is 1. The Hall–Kier alpha value is -2.31. The van der Waals surface area contributed by atoms with E-state index in [1.165, 1.54) is 18.4 Å². The second-order valence-electron chi connectivity index (χ2n) is 6.91. The van der Waals surface area contributed by atoms with Crippen LogP contribution in [0.25, 0.3) is 0 Å². The molecule has 0 aromatic heterocycles. The topological polar surface area (TPSA) is 45.8 Å². The van der Waals surface area contributed by atoms with E-state index in [1.54, 1.807) is 14.2 Å². The fourth-order valence-corrected chi connectivity index (χ4v) is 3.76. The molecule has 1 unspecified atom stereocenters. The third-order valence-electron chi connectivity index (χ3n) is 5.15. The van der Waals surface area contributed by atoms with Crippen LogP contribution >= 0.6 is 12.2 Å². The van der Waals surface area contributed by atoms with Crippen LogP contribution in [0, 0.1) is 0 Å². The number of thiocarbonyl (C=S) groups is 1. The summed E-state index contributed by atoms with van der Waals surface area (Å²) in [7, 11) is 3.40. The summed E-state index contributed by atoms with van der Waals surface area (Å²) >= 11 is 5.51.